The summed E-state index contributed by atoms with van der Waals surface area (Å²) < 4.78 is 3.66. The first-order chi connectivity index (χ1) is 16.7. The number of anilines is 1. The minimum absolute atomic E-state index is 0.146. The second-order valence-corrected chi connectivity index (χ2v) is 9.15. The molecule has 10 heteroatoms. The zero-order chi connectivity index (χ0) is 23.1. The highest BCUT2D eigenvalue weighted by atomic mass is 16.2. The number of aromatic nitrogens is 6. The standard InChI is InChI=1S/C24H26N8O2/c33-23(18-12-27-32-9-8-20(29-22(18)32)15-10-25-26-11-15)30-21-14-31(17-4-2-1-3-5-17)13-19(21)24(34)28-16-6-7-16/h8-14,16-17H,1-7H2,(H,25,26)(H,28,34)(H,30,33). The van der Waals surface area contributed by atoms with E-state index in [-0.39, 0.29) is 17.9 Å². The summed E-state index contributed by atoms with van der Waals surface area (Å²) in [7, 11) is 0. The van der Waals surface area contributed by atoms with Gasteiger partial charge in [0, 0.05) is 42.4 Å². The van der Waals surface area contributed by atoms with E-state index in [0.717, 1.165) is 31.2 Å². The van der Waals surface area contributed by atoms with Crippen LogP contribution in [0.3, 0.4) is 0 Å². The molecule has 2 fully saturated rings. The molecule has 34 heavy (non-hydrogen) atoms. The molecular formula is C24H26N8O2. The van der Waals surface area contributed by atoms with Crippen molar-refractivity contribution in [2.24, 2.45) is 0 Å². The largest absolute Gasteiger partial charge is 0.349 e. The van der Waals surface area contributed by atoms with Crippen molar-refractivity contribution < 1.29 is 9.59 Å². The van der Waals surface area contributed by atoms with Crippen molar-refractivity contribution in [2.75, 3.05) is 5.32 Å². The fraction of sp³-hybridized carbons (Fsp3) is 0.375. The Hall–Kier alpha value is -3.95. The number of rotatable bonds is 6. The zero-order valence-electron chi connectivity index (χ0n) is 18.7. The number of amides is 2. The van der Waals surface area contributed by atoms with E-state index < -0.39 is 0 Å². The van der Waals surface area contributed by atoms with Crippen molar-refractivity contribution in [3.05, 3.63) is 54.4 Å². The Morgan fingerprint density at radius 2 is 1.85 bits per heavy atom. The van der Waals surface area contributed by atoms with E-state index in [0.29, 0.717) is 34.2 Å². The Kier molecular flexibility index (Phi) is 5.12. The fourth-order valence-electron chi connectivity index (χ4n) is 4.61. The van der Waals surface area contributed by atoms with E-state index in [2.05, 4.69) is 35.5 Å². The van der Waals surface area contributed by atoms with Crippen molar-refractivity contribution >= 4 is 23.1 Å². The Labute approximate surface area is 195 Å². The van der Waals surface area contributed by atoms with Crippen LogP contribution in [0.1, 0.15) is 71.7 Å². The molecule has 2 saturated carbocycles. The number of hydrogen-bond donors (Lipinski definition) is 3. The Balaban J connectivity index is 1.31. The van der Waals surface area contributed by atoms with Crippen molar-refractivity contribution in [3.8, 4) is 11.3 Å². The summed E-state index contributed by atoms with van der Waals surface area (Å²) in [5.41, 5.74) is 3.28. The second-order valence-electron chi connectivity index (χ2n) is 9.15. The highest BCUT2D eigenvalue weighted by molar-refractivity contribution is 6.11. The van der Waals surface area contributed by atoms with Gasteiger partial charge in [0.15, 0.2) is 5.65 Å². The van der Waals surface area contributed by atoms with Gasteiger partial charge in [-0.05, 0) is 31.7 Å². The van der Waals surface area contributed by atoms with Crippen molar-refractivity contribution in [3.63, 3.8) is 0 Å². The molecule has 0 bridgehead atoms. The van der Waals surface area contributed by atoms with E-state index in [1.54, 1.807) is 23.1 Å². The first-order valence-corrected chi connectivity index (χ1v) is 11.8. The number of carbonyl (C=O) groups excluding carboxylic acids is 2. The van der Waals surface area contributed by atoms with Crippen LogP contribution in [0.4, 0.5) is 5.69 Å². The number of H-pyrrole nitrogens is 1. The molecule has 2 amide bonds. The fourth-order valence-corrected chi connectivity index (χ4v) is 4.61. The normalized spacial score (nSPS) is 16.6. The molecule has 4 heterocycles. The number of hydrogen-bond acceptors (Lipinski definition) is 5. The van der Waals surface area contributed by atoms with Crippen LogP contribution < -0.4 is 10.6 Å². The number of aromatic amines is 1. The number of carbonyl (C=O) groups is 2. The van der Waals surface area contributed by atoms with Crippen LogP contribution >= 0.6 is 0 Å². The van der Waals surface area contributed by atoms with E-state index in [1.807, 2.05) is 18.5 Å². The molecule has 0 aliphatic heterocycles. The van der Waals surface area contributed by atoms with Gasteiger partial charge in [0.05, 0.1) is 29.3 Å². The van der Waals surface area contributed by atoms with Gasteiger partial charge in [0.1, 0.15) is 5.56 Å². The number of nitrogens with zero attached hydrogens (tertiary/aromatic N) is 5. The molecule has 0 unspecified atom stereocenters. The molecule has 2 aliphatic rings. The molecule has 10 nitrogen and oxygen atoms in total. The van der Waals surface area contributed by atoms with Crippen molar-refractivity contribution in [1.82, 2.24) is 34.7 Å². The number of nitrogens with one attached hydrogen (secondary N) is 3. The van der Waals surface area contributed by atoms with Gasteiger partial charge in [-0.1, -0.05) is 19.3 Å². The first-order valence-electron chi connectivity index (χ1n) is 11.8. The minimum Gasteiger partial charge on any atom is -0.349 e. The van der Waals surface area contributed by atoms with Gasteiger partial charge < -0.3 is 15.2 Å². The molecule has 4 aromatic rings. The third kappa shape index (κ3) is 3.95. The summed E-state index contributed by atoms with van der Waals surface area (Å²) in [6.45, 7) is 0. The maximum atomic E-state index is 13.3. The van der Waals surface area contributed by atoms with Crippen LogP contribution in [0.15, 0.2) is 43.2 Å². The topological polar surface area (TPSA) is 122 Å². The molecule has 0 radical (unpaired) electrons. The summed E-state index contributed by atoms with van der Waals surface area (Å²) in [5.74, 6) is -0.499. The SMILES string of the molecule is O=C(NC1CC1)c1cn(C2CCCCC2)cc1NC(=O)c1cnn2ccc(-c3cn[nH]c3)nc12. The zero-order valence-corrected chi connectivity index (χ0v) is 18.7. The molecule has 0 aromatic carbocycles. The first kappa shape index (κ1) is 20.6. The lowest BCUT2D eigenvalue weighted by Crippen LogP contribution is -2.26. The smallest absolute Gasteiger partial charge is 0.261 e. The summed E-state index contributed by atoms with van der Waals surface area (Å²) in [4.78, 5) is 30.9. The van der Waals surface area contributed by atoms with E-state index >= 15 is 0 Å². The van der Waals surface area contributed by atoms with Gasteiger partial charge in [-0.15, -0.1) is 0 Å². The van der Waals surface area contributed by atoms with Gasteiger partial charge in [0.25, 0.3) is 11.8 Å². The van der Waals surface area contributed by atoms with Crippen molar-refractivity contribution in [2.45, 2.75) is 57.0 Å². The predicted molar refractivity (Wildman–Crippen MR) is 126 cm³/mol. The predicted octanol–water partition coefficient (Wildman–Crippen LogP) is 3.57. The van der Waals surface area contributed by atoms with E-state index in [4.69, 9.17) is 0 Å². The maximum Gasteiger partial charge on any atom is 0.261 e. The molecule has 2 aliphatic carbocycles. The maximum absolute atomic E-state index is 13.3. The molecule has 0 saturated heterocycles. The summed E-state index contributed by atoms with van der Waals surface area (Å²) >= 11 is 0. The monoisotopic (exact) mass is 458 g/mol. The lowest BCUT2D eigenvalue weighted by Gasteiger charge is -2.23. The van der Waals surface area contributed by atoms with Crippen LogP contribution in [0.25, 0.3) is 16.9 Å². The number of fused-ring (bicyclic) bond motifs is 1. The lowest BCUT2D eigenvalue weighted by atomic mass is 9.95. The van der Waals surface area contributed by atoms with Crippen LogP contribution in [0.5, 0.6) is 0 Å². The minimum atomic E-state index is -0.353. The van der Waals surface area contributed by atoms with Crippen molar-refractivity contribution in [1.29, 1.82) is 0 Å². The molecule has 4 aromatic heterocycles. The molecule has 3 N–H and O–H groups in total. The van der Waals surface area contributed by atoms with Crippen LogP contribution in [0, 0.1) is 0 Å². The van der Waals surface area contributed by atoms with Crippen LogP contribution in [-0.4, -0.2) is 47.2 Å². The molecule has 0 atom stereocenters. The Bertz CT molecular complexity index is 1340. The molecule has 174 valence electrons. The van der Waals surface area contributed by atoms with Gasteiger partial charge in [-0.3, -0.25) is 14.7 Å². The second kappa shape index (κ2) is 8.44. The third-order valence-electron chi connectivity index (χ3n) is 6.66. The molecular weight excluding hydrogens is 432 g/mol. The highest BCUT2D eigenvalue weighted by Crippen LogP contribution is 2.32. The quantitative estimate of drug-likeness (QED) is 0.408. The average molecular weight is 459 g/mol. The Morgan fingerprint density at radius 3 is 2.62 bits per heavy atom. The summed E-state index contributed by atoms with van der Waals surface area (Å²) in [6, 6.07) is 2.40. The molecule has 0 spiro atoms. The van der Waals surface area contributed by atoms with E-state index in [1.165, 1.54) is 25.5 Å². The van der Waals surface area contributed by atoms with Gasteiger partial charge in [0.2, 0.25) is 0 Å². The van der Waals surface area contributed by atoms with E-state index in [9.17, 15) is 9.59 Å². The summed E-state index contributed by atoms with van der Waals surface area (Å²) in [6.07, 6.45) is 18.2. The van der Waals surface area contributed by atoms with Crippen LogP contribution in [0.2, 0.25) is 0 Å². The summed E-state index contributed by atoms with van der Waals surface area (Å²) in [5, 5.41) is 17.0. The van der Waals surface area contributed by atoms with Gasteiger partial charge in [-0.2, -0.15) is 10.2 Å². The Morgan fingerprint density at radius 1 is 1.00 bits per heavy atom. The lowest BCUT2D eigenvalue weighted by molar-refractivity contribution is 0.0951. The average Bonchev–Trinajstić information content (AvgIpc) is 3.25. The van der Waals surface area contributed by atoms with Crippen LogP contribution in [-0.2, 0) is 0 Å². The van der Waals surface area contributed by atoms with Gasteiger partial charge in [-0.25, -0.2) is 9.50 Å². The molecule has 6 rings (SSSR count). The third-order valence-corrected chi connectivity index (χ3v) is 6.66. The highest BCUT2D eigenvalue weighted by Gasteiger charge is 2.28. The van der Waals surface area contributed by atoms with Gasteiger partial charge >= 0.3 is 0 Å².